The molecule has 0 aliphatic carbocycles. The third kappa shape index (κ3) is 5.43. The molecule has 0 radical (unpaired) electrons. The van der Waals surface area contributed by atoms with Gasteiger partial charge < -0.3 is 20.7 Å². The molecule has 0 saturated carbocycles. The van der Waals surface area contributed by atoms with Crippen LogP contribution in [0.3, 0.4) is 0 Å². The Morgan fingerprint density at radius 3 is 2.77 bits per heavy atom. The standard InChI is InChI=1S/C17H24N6O3/c24-16(19-7-10-23-8-5-18-6-9-23)12-26-14-3-1-13(2-4-14)15-11-20-22-17(25)21-15/h1-4,11,15,18H,5-10,12H2,(H,19,24)(H2,21,22,25). The molecule has 26 heavy (non-hydrogen) atoms. The summed E-state index contributed by atoms with van der Waals surface area (Å²) in [4.78, 5) is 25.5. The van der Waals surface area contributed by atoms with E-state index in [9.17, 15) is 9.59 Å². The van der Waals surface area contributed by atoms with Gasteiger partial charge >= 0.3 is 6.03 Å². The number of ether oxygens (including phenoxy) is 1. The number of nitrogens with one attached hydrogen (secondary N) is 4. The summed E-state index contributed by atoms with van der Waals surface area (Å²) >= 11 is 0. The van der Waals surface area contributed by atoms with Gasteiger partial charge in [0.05, 0.1) is 12.3 Å². The molecule has 3 amide bonds. The number of carbonyl (C=O) groups is 2. The van der Waals surface area contributed by atoms with Gasteiger partial charge in [0, 0.05) is 39.3 Å². The first-order valence-corrected chi connectivity index (χ1v) is 8.73. The molecule has 1 aromatic carbocycles. The zero-order valence-electron chi connectivity index (χ0n) is 14.5. The lowest BCUT2D eigenvalue weighted by atomic mass is 10.1. The number of hydrazone groups is 1. The normalized spacial score (nSPS) is 20.2. The Balaban J connectivity index is 1.37. The third-order valence-corrected chi connectivity index (χ3v) is 4.25. The van der Waals surface area contributed by atoms with Crippen LogP contribution >= 0.6 is 0 Å². The fourth-order valence-corrected chi connectivity index (χ4v) is 2.81. The number of hydrogen-bond acceptors (Lipinski definition) is 6. The van der Waals surface area contributed by atoms with Crippen molar-refractivity contribution in [3.05, 3.63) is 29.8 Å². The summed E-state index contributed by atoms with van der Waals surface area (Å²) in [5, 5.41) is 12.7. The maximum atomic E-state index is 11.9. The number of rotatable bonds is 7. The van der Waals surface area contributed by atoms with Crippen LogP contribution < -0.4 is 26.1 Å². The second-order valence-electron chi connectivity index (χ2n) is 6.14. The molecule has 9 nitrogen and oxygen atoms in total. The predicted molar refractivity (Wildman–Crippen MR) is 97.2 cm³/mol. The predicted octanol–water partition coefficient (Wildman–Crippen LogP) is -0.573. The van der Waals surface area contributed by atoms with Gasteiger partial charge in [-0.25, -0.2) is 10.2 Å². The summed E-state index contributed by atoms with van der Waals surface area (Å²) < 4.78 is 5.50. The number of nitrogens with zero attached hydrogens (tertiary/aromatic N) is 2. The summed E-state index contributed by atoms with van der Waals surface area (Å²) in [5.41, 5.74) is 3.19. The number of hydrogen-bond donors (Lipinski definition) is 4. The molecule has 1 aromatic rings. The van der Waals surface area contributed by atoms with Gasteiger partial charge in [0.15, 0.2) is 6.61 Å². The van der Waals surface area contributed by atoms with E-state index in [2.05, 4.69) is 31.4 Å². The highest BCUT2D eigenvalue weighted by Crippen LogP contribution is 2.17. The Hall–Kier alpha value is -2.65. The van der Waals surface area contributed by atoms with E-state index < -0.39 is 0 Å². The van der Waals surface area contributed by atoms with E-state index in [0.29, 0.717) is 12.3 Å². The monoisotopic (exact) mass is 360 g/mol. The van der Waals surface area contributed by atoms with Crippen molar-refractivity contribution in [1.29, 1.82) is 0 Å². The van der Waals surface area contributed by atoms with Crippen LogP contribution in [-0.4, -0.2) is 68.9 Å². The van der Waals surface area contributed by atoms with E-state index >= 15 is 0 Å². The van der Waals surface area contributed by atoms with Crippen molar-refractivity contribution in [3.8, 4) is 5.75 Å². The SMILES string of the molecule is O=C(COc1ccc(C2C=NNC(=O)N2)cc1)NCCN1CCNCC1. The van der Waals surface area contributed by atoms with Gasteiger partial charge in [-0.2, -0.15) is 5.10 Å². The van der Waals surface area contributed by atoms with Gasteiger partial charge in [-0.15, -0.1) is 0 Å². The maximum Gasteiger partial charge on any atom is 0.335 e. The largest absolute Gasteiger partial charge is 0.484 e. The van der Waals surface area contributed by atoms with Crippen LogP contribution in [0.4, 0.5) is 4.79 Å². The molecule has 1 atom stereocenters. The quantitative estimate of drug-likeness (QED) is 0.521. The van der Waals surface area contributed by atoms with Gasteiger partial charge in [-0.05, 0) is 17.7 Å². The van der Waals surface area contributed by atoms with Crippen molar-refractivity contribution in [2.75, 3.05) is 45.9 Å². The highest BCUT2D eigenvalue weighted by molar-refractivity contribution is 5.83. The van der Waals surface area contributed by atoms with Gasteiger partial charge in [-0.3, -0.25) is 9.69 Å². The van der Waals surface area contributed by atoms with Crippen LogP contribution in [0.2, 0.25) is 0 Å². The van der Waals surface area contributed by atoms with E-state index in [1.165, 1.54) is 0 Å². The molecule has 1 saturated heterocycles. The second kappa shape index (κ2) is 9.16. The maximum absolute atomic E-state index is 11.9. The Kier molecular flexibility index (Phi) is 6.39. The lowest BCUT2D eigenvalue weighted by Gasteiger charge is -2.27. The van der Waals surface area contributed by atoms with Gasteiger partial charge in [0.1, 0.15) is 5.75 Å². The molecule has 2 heterocycles. The summed E-state index contributed by atoms with van der Waals surface area (Å²) in [6.45, 7) is 5.48. The van der Waals surface area contributed by atoms with Crippen LogP contribution in [0.5, 0.6) is 5.75 Å². The molecule has 4 N–H and O–H groups in total. The Labute approximate surface area is 152 Å². The fourth-order valence-electron chi connectivity index (χ4n) is 2.81. The van der Waals surface area contributed by atoms with Crippen LogP contribution in [0.1, 0.15) is 11.6 Å². The molecule has 2 aliphatic rings. The van der Waals surface area contributed by atoms with E-state index in [4.69, 9.17) is 4.74 Å². The average Bonchev–Trinajstić information content (AvgIpc) is 2.68. The van der Waals surface area contributed by atoms with Crippen LogP contribution in [0.15, 0.2) is 29.4 Å². The number of benzene rings is 1. The Morgan fingerprint density at radius 2 is 2.04 bits per heavy atom. The van der Waals surface area contributed by atoms with Crippen LogP contribution in [-0.2, 0) is 4.79 Å². The smallest absolute Gasteiger partial charge is 0.335 e. The van der Waals surface area contributed by atoms with E-state index in [1.54, 1.807) is 18.3 Å². The van der Waals surface area contributed by atoms with Crippen LogP contribution in [0, 0.1) is 0 Å². The summed E-state index contributed by atoms with van der Waals surface area (Å²) in [6.07, 6.45) is 1.61. The van der Waals surface area contributed by atoms with Crippen molar-refractivity contribution >= 4 is 18.2 Å². The minimum atomic E-state index is -0.338. The lowest BCUT2D eigenvalue weighted by molar-refractivity contribution is -0.123. The number of urea groups is 1. The molecule has 1 unspecified atom stereocenters. The molecule has 2 aliphatic heterocycles. The Bertz CT molecular complexity index is 642. The van der Waals surface area contributed by atoms with Gasteiger partial charge in [0.2, 0.25) is 0 Å². The van der Waals surface area contributed by atoms with Crippen molar-refractivity contribution in [3.63, 3.8) is 0 Å². The Morgan fingerprint density at radius 1 is 1.27 bits per heavy atom. The zero-order valence-corrected chi connectivity index (χ0v) is 14.5. The van der Waals surface area contributed by atoms with E-state index in [-0.39, 0.29) is 24.6 Å². The molecule has 0 aromatic heterocycles. The van der Waals surface area contributed by atoms with Crippen molar-refractivity contribution in [1.82, 2.24) is 26.3 Å². The molecule has 0 spiro atoms. The van der Waals surface area contributed by atoms with Crippen molar-refractivity contribution < 1.29 is 14.3 Å². The average molecular weight is 360 g/mol. The summed E-state index contributed by atoms with van der Waals surface area (Å²) in [5.74, 6) is 0.463. The first-order valence-electron chi connectivity index (χ1n) is 8.73. The zero-order chi connectivity index (χ0) is 18.2. The summed E-state index contributed by atoms with van der Waals surface area (Å²) in [7, 11) is 0. The molecule has 1 fully saturated rings. The first kappa shape index (κ1) is 18.2. The second-order valence-corrected chi connectivity index (χ2v) is 6.14. The molecule has 3 rings (SSSR count). The minimum absolute atomic E-state index is 0.0214. The number of piperazine rings is 1. The lowest BCUT2D eigenvalue weighted by Crippen LogP contribution is -2.46. The topological polar surface area (TPSA) is 107 Å². The first-order chi connectivity index (χ1) is 12.7. The fraction of sp³-hybridized carbons (Fsp3) is 0.471. The molecule has 9 heteroatoms. The highest BCUT2D eigenvalue weighted by Gasteiger charge is 2.16. The van der Waals surface area contributed by atoms with E-state index in [1.807, 2.05) is 12.1 Å². The minimum Gasteiger partial charge on any atom is -0.484 e. The molecule has 140 valence electrons. The highest BCUT2D eigenvalue weighted by atomic mass is 16.5. The molecular formula is C17H24N6O3. The number of carbonyl (C=O) groups excluding carboxylic acids is 2. The third-order valence-electron chi connectivity index (χ3n) is 4.25. The summed E-state index contributed by atoms with van der Waals surface area (Å²) in [6, 6.07) is 6.60. The number of amides is 3. The van der Waals surface area contributed by atoms with E-state index in [0.717, 1.165) is 38.3 Å². The van der Waals surface area contributed by atoms with Gasteiger partial charge in [0.25, 0.3) is 5.91 Å². The van der Waals surface area contributed by atoms with Gasteiger partial charge in [-0.1, -0.05) is 12.1 Å². The van der Waals surface area contributed by atoms with Crippen LogP contribution in [0.25, 0.3) is 0 Å². The van der Waals surface area contributed by atoms with Crippen molar-refractivity contribution in [2.45, 2.75) is 6.04 Å². The molecular weight excluding hydrogens is 336 g/mol. The van der Waals surface area contributed by atoms with Crippen molar-refractivity contribution in [2.24, 2.45) is 5.10 Å². The molecule has 0 bridgehead atoms.